The van der Waals surface area contributed by atoms with E-state index in [1.165, 1.54) is 28.1 Å². The van der Waals surface area contributed by atoms with Crippen molar-refractivity contribution < 1.29 is 5.11 Å². The highest BCUT2D eigenvalue weighted by atomic mass is 32.1. The minimum atomic E-state index is -0.385. The monoisotopic (exact) mass is 352 g/mol. The molecule has 4 heteroatoms. The smallest absolute Gasteiger partial charge is 0.120 e. The molecule has 0 saturated heterocycles. The van der Waals surface area contributed by atoms with Gasteiger partial charge < -0.3 is 5.11 Å². The number of benzene rings is 1. The van der Waals surface area contributed by atoms with Crippen molar-refractivity contribution in [3.8, 4) is 0 Å². The zero-order chi connectivity index (χ0) is 17.0. The number of aliphatic hydroxyl groups excluding tert-OH is 1. The molecule has 130 valence electrons. The average molecular weight is 353 g/mol. The lowest BCUT2D eigenvalue weighted by molar-refractivity contribution is 0.102. The van der Waals surface area contributed by atoms with Crippen LogP contribution in [0.2, 0.25) is 0 Å². The SMILES string of the molecule is CC1(c2ccccc2)CCC(C(O)c2c(C3CC3)sc3cncn23)C1. The number of thiazole rings is 1. The molecule has 3 aromatic rings. The van der Waals surface area contributed by atoms with E-state index in [1.54, 1.807) is 0 Å². The Bertz CT molecular complexity index is 895. The largest absolute Gasteiger partial charge is 0.387 e. The van der Waals surface area contributed by atoms with Gasteiger partial charge >= 0.3 is 0 Å². The van der Waals surface area contributed by atoms with Gasteiger partial charge in [-0.25, -0.2) is 4.98 Å². The highest BCUT2D eigenvalue weighted by Gasteiger charge is 2.42. The topological polar surface area (TPSA) is 37.5 Å². The second kappa shape index (κ2) is 5.68. The predicted molar refractivity (Wildman–Crippen MR) is 101 cm³/mol. The fourth-order valence-electron chi connectivity index (χ4n) is 4.63. The summed E-state index contributed by atoms with van der Waals surface area (Å²) < 4.78 is 2.14. The number of aromatic nitrogens is 2. The van der Waals surface area contributed by atoms with Crippen molar-refractivity contribution in [3.63, 3.8) is 0 Å². The predicted octanol–water partition coefficient (Wildman–Crippen LogP) is 5.06. The van der Waals surface area contributed by atoms with Crippen molar-refractivity contribution in [2.45, 2.75) is 56.5 Å². The van der Waals surface area contributed by atoms with Crippen molar-refractivity contribution >= 4 is 16.2 Å². The standard InChI is InChI=1S/C21H24N2OS/c1-21(16-5-3-2-4-6-16)10-9-15(11-21)19(24)18-20(14-7-8-14)25-17-12-22-13-23(17)18/h2-6,12-15,19,24H,7-11H2,1H3. The van der Waals surface area contributed by atoms with Crippen LogP contribution in [0.5, 0.6) is 0 Å². The number of imidazole rings is 1. The van der Waals surface area contributed by atoms with E-state index in [4.69, 9.17) is 0 Å². The lowest BCUT2D eigenvalue weighted by atomic mass is 9.79. The van der Waals surface area contributed by atoms with Crippen molar-refractivity contribution in [3.05, 3.63) is 59.0 Å². The summed E-state index contributed by atoms with van der Waals surface area (Å²) in [7, 11) is 0. The van der Waals surface area contributed by atoms with E-state index in [-0.39, 0.29) is 11.5 Å². The number of fused-ring (bicyclic) bond motifs is 1. The summed E-state index contributed by atoms with van der Waals surface area (Å²) >= 11 is 1.83. The summed E-state index contributed by atoms with van der Waals surface area (Å²) in [4.78, 5) is 6.86. The zero-order valence-corrected chi connectivity index (χ0v) is 15.4. The van der Waals surface area contributed by atoms with E-state index < -0.39 is 0 Å². The molecular formula is C21H24N2OS. The van der Waals surface area contributed by atoms with Crippen LogP contribution in [0.3, 0.4) is 0 Å². The van der Waals surface area contributed by atoms with Gasteiger partial charge in [0, 0.05) is 4.88 Å². The van der Waals surface area contributed by atoms with Gasteiger partial charge in [0.2, 0.25) is 0 Å². The molecule has 3 atom stereocenters. The Morgan fingerprint density at radius 3 is 2.80 bits per heavy atom. The Kier molecular flexibility index (Phi) is 3.54. The molecule has 3 unspecified atom stereocenters. The van der Waals surface area contributed by atoms with Crippen molar-refractivity contribution in [1.29, 1.82) is 0 Å². The fourth-order valence-corrected chi connectivity index (χ4v) is 5.94. The molecule has 2 aromatic heterocycles. The molecular weight excluding hydrogens is 328 g/mol. The van der Waals surface area contributed by atoms with Gasteiger partial charge in [-0.05, 0) is 54.9 Å². The van der Waals surface area contributed by atoms with E-state index in [9.17, 15) is 5.11 Å². The summed E-state index contributed by atoms with van der Waals surface area (Å²) in [6.45, 7) is 2.36. The third-order valence-corrected chi connectivity index (χ3v) is 7.53. The van der Waals surface area contributed by atoms with Crippen molar-refractivity contribution in [2.75, 3.05) is 0 Å². The highest BCUT2D eigenvalue weighted by molar-refractivity contribution is 7.17. The minimum absolute atomic E-state index is 0.177. The number of aliphatic hydroxyl groups is 1. The van der Waals surface area contributed by atoms with Crippen LogP contribution in [0.15, 0.2) is 42.9 Å². The first-order valence-corrected chi connectivity index (χ1v) is 10.2. The molecule has 2 heterocycles. The van der Waals surface area contributed by atoms with Crippen LogP contribution in [-0.4, -0.2) is 14.5 Å². The van der Waals surface area contributed by atoms with E-state index in [0.717, 1.165) is 25.0 Å². The van der Waals surface area contributed by atoms with Crippen molar-refractivity contribution in [1.82, 2.24) is 9.38 Å². The molecule has 0 spiro atoms. The Morgan fingerprint density at radius 2 is 2.04 bits per heavy atom. The minimum Gasteiger partial charge on any atom is -0.387 e. The van der Waals surface area contributed by atoms with Gasteiger partial charge in [0.1, 0.15) is 11.2 Å². The Balaban J connectivity index is 1.47. The maximum Gasteiger partial charge on any atom is 0.120 e. The lowest BCUT2D eigenvalue weighted by Gasteiger charge is -2.26. The van der Waals surface area contributed by atoms with Gasteiger partial charge in [-0.15, -0.1) is 11.3 Å². The summed E-state index contributed by atoms with van der Waals surface area (Å²) in [5.41, 5.74) is 2.71. The Morgan fingerprint density at radius 1 is 1.24 bits per heavy atom. The number of nitrogens with zero attached hydrogens (tertiary/aromatic N) is 2. The molecule has 3 nitrogen and oxygen atoms in total. The molecule has 5 rings (SSSR count). The third-order valence-electron chi connectivity index (χ3n) is 6.26. The molecule has 25 heavy (non-hydrogen) atoms. The van der Waals surface area contributed by atoms with Gasteiger partial charge in [-0.3, -0.25) is 4.40 Å². The van der Waals surface area contributed by atoms with E-state index >= 15 is 0 Å². The molecule has 1 aromatic carbocycles. The van der Waals surface area contributed by atoms with Crippen LogP contribution in [-0.2, 0) is 5.41 Å². The fraction of sp³-hybridized carbons (Fsp3) is 0.476. The second-order valence-electron chi connectivity index (χ2n) is 8.10. The van der Waals surface area contributed by atoms with Crippen LogP contribution in [0, 0.1) is 5.92 Å². The normalized spacial score (nSPS) is 27.8. The van der Waals surface area contributed by atoms with E-state index in [2.05, 4.69) is 46.6 Å². The van der Waals surface area contributed by atoms with Crippen LogP contribution in [0.1, 0.15) is 67.2 Å². The zero-order valence-electron chi connectivity index (χ0n) is 14.6. The number of hydrogen-bond acceptors (Lipinski definition) is 3. The number of rotatable bonds is 4. The van der Waals surface area contributed by atoms with Crippen LogP contribution in [0.4, 0.5) is 0 Å². The first-order chi connectivity index (χ1) is 12.2. The highest BCUT2D eigenvalue weighted by Crippen LogP contribution is 2.52. The van der Waals surface area contributed by atoms with Gasteiger partial charge in [-0.1, -0.05) is 37.3 Å². The maximum absolute atomic E-state index is 11.3. The maximum atomic E-state index is 11.3. The van der Waals surface area contributed by atoms with Gasteiger partial charge in [-0.2, -0.15) is 0 Å². The van der Waals surface area contributed by atoms with Crippen LogP contribution < -0.4 is 0 Å². The van der Waals surface area contributed by atoms with Crippen molar-refractivity contribution in [2.24, 2.45) is 5.92 Å². The quantitative estimate of drug-likeness (QED) is 0.712. The molecule has 0 radical (unpaired) electrons. The third kappa shape index (κ3) is 2.54. The van der Waals surface area contributed by atoms with Gasteiger partial charge in [0.25, 0.3) is 0 Å². The molecule has 2 aliphatic rings. The van der Waals surface area contributed by atoms with Gasteiger partial charge in [0.15, 0.2) is 0 Å². The van der Waals surface area contributed by atoms with Gasteiger partial charge in [0.05, 0.1) is 18.0 Å². The van der Waals surface area contributed by atoms with E-state index in [0.29, 0.717) is 11.8 Å². The second-order valence-corrected chi connectivity index (χ2v) is 9.16. The average Bonchev–Trinajstić information content (AvgIpc) is 3.07. The molecule has 0 bridgehead atoms. The summed E-state index contributed by atoms with van der Waals surface area (Å²) in [6.07, 6.45) is 9.24. The van der Waals surface area contributed by atoms with E-state index in [1.807, 2.05) is 23.9 Å². The van der Waals surface area contributed by atoms with Crippen LogP contribution >= 0.6 is 11.3 Å². The molecule has 1 N–H and O–H groups in total. The molecule has 2 fully saturated rings. The Labute approximate surface area is 152 Å². The van der Waals surface area contributed by atoms with Crippen LogP contribution in [0.25, 0.3) is 4.83 Å². The molecule has 2 aliphatic carbocycles. The summed E-state index contributed by atoms with van der Waals surface area (Å²) in [6, 6.07) is 10.8. The first kappa shape index (κ1) is 15.6. The Hall–Kier alpha value is -1.65. The first-order valence-electron chi connectivity index (χ1n) is 9.34. The number of hydrogen-bond donors (Lipinski definition) is 1. The molecule has 0 aliphatic heterocycles. The lowest BCUT2D eigenvalue weighted by Crippen LogP contribution is -2.20. The summed E-state index contributed by atoms with van der Waals surface area (Å²) in [5, 5.41) is 11.3. The summed E-state index contributed by atoms with van der Waals surface area (Å²) in [5.74, 6) is 0.986. The molecule has 2 saturated carbocycles. The molecule has 0 amide bonds.